The lowest BCUT2D eigenvalue weighted by atomic mass is 10.1. The summed E-state index contributed by atoms with van der Waals surface area (Å²) in [5.41, 5.74) is 4.27. The van der Waals surface area contributed by atoms with E-state index in [1.807, 2.05) is 106 Å². The van der Waals surface area contributed by atoms with E-state index in [-0.39, 0.29) is 11.5 Å². The second-order valence-electron chi connectivity index (χ2n) is 7.78. The van der Waals surface area contributed by atoms with Crippen molar-refractivity contribution in [3.05, 3.63) is 112 Å². The van der Waals surface area contributed by atoms with Crippen molar-refractivity contribution in [2.24, 2.45) is 7.05 Å². The van der Waals surface area contributed by atoms with Gasteiger partial charge >= 0.3 is 0 Å². The third-order valence-corrected chi connectivity index (χ3v) is 5.56. The standard InChI is InChI=1S/C26H26N4O2/c1-18-14-16-21(17-15-18)27-25(31)24(20-10-6-4-7-11-20)28-23-19(2)29(3)30(26(23)32)22-12-8-5-9-13-22/h4-17,24,28H,1-3H3,(H,27,31). The van der Waals surface area contributed by atoms with Crippen molar-refractivity contribution >= 4 is 17.3 Å². The van der Waals surface area contributed by atoms with Crippen molar-refractivity contribution < 1.29 is 4.79 Å². The van der Waals surface area contributed by atoms with Crippen molar-refractivity contribution in [2.45, 2.75) is 19.9 Å². The Kier molecular flexibility index (Phi) is 5.94. The number of para-hydroxylation sites is 1. The molecule has 0 radical (unpaired) electrons. The minimum Gasteiger partial charge on any atom is -0.364 e. The van der Waals surface area contributed by atoms with Crippen LogP contribution in [0.15, 0.2) is 89.7 Å². The van der Waals surface area contributed by atoms with Gasteiger partial charge in [0.15, 0.2) is 0 Å². The Morgan fingerprint density at radius 1 is 0.844 bits per heavy atom. The van der Waals surface area contributed by atoms with Crippen LogP contribution in [0.2, 0.25) is 0 Å². The molecule has 6 heteroatoms. The summed E-state index contributed by atoms with van der Waals surface area (Å²) in [5, 5.41) is 6.19. The van der Waals surface area contributed by atoms with Gasteiger partial charge in [0, 0.05) is 12.7 Å². The van der Waals surface area contributed by atoms with Crippen LogP contribution in [0.1, 0.15) is 22.9 Å². The van der Waals surface area contributed by atoms with E-state index in [1.165, 1.54) is 0 Å². The molecule has 0 fully saturated rings. The number of hydrogen-bond acceptors (Lipinski definition) is 3. The number of nitrogens with one attached hydrogen (secondary N) is 2. The average molecular weight is 427 g/mol. The van der Waals surface area contributed by atoms with E-state index in [0.29, 0.717) is 11.4 Å². The summed E-state index contributed by atoms with van der Waals surface area (Å²) >= 11 is 0. The maximum Gasteiger partial charge on any atom is 0.295 e. The van der Waals surface area contributed by atoms with Crippen LogP contribution in [0.4, 0.5) is 11.4 Å². The van der Waals surface area contributed by atoms with E-state index in [0.717, 1.165) is 22.5 Å². The molecule has 6 nitrogen and oxygen atoms in total. The van der Waals surface area contributed by atoms with Gasteiger partial charge in [-0.2, -0.15) is 0 Å². The highest BCUT2D eigenvalue weighted by molar-refractivity contribution is 5.97. The zero-order valence-corrected chi connectivity index (χ0v) is 18.4. The highest BCUT2D eigenvalue weighted by atomic mass is 16.2. The van der Waals surface area contributed by atoms with Crippen LogP contribution in [0.5, 0.6) is 0 Å². The quantitative estimate of drug-likeness (QED) is 0.474. The lowest BCUT2D eigenvalue weighted by Crippen LogP contribution is -2.29. The van der Waals surface area contributed by atoms with Crippen LogP contribution >= 0.6 is 0 Å². The second kappa shape index (κ2) is 8.98. The number of amides is 1. The predicted molar refractivity (Wildman–Crippen MR) is 128 cm³/mol. The molecule has 1 atom stereocenters. The molecule has 4 aromatic rings. The lowest BCUT2D eigenvalue weighted by molar-refractivity contribution is -0.117. The molecule has 0 saturated heterocycles. The van der Waals surface area contributed by atoms with Crippen LogP contribution in [0, 0.1) is 13.8 Å². The first-order valence-corrected chi connectivity index (χ1v) is 10.5. The Morgan fingerprint density at radius 2 is 1.44 bits per heavy atom. The van der Waals surface area contributed by atoms with Gasteiger partial charge in [0.05, 0.1) is 11.4 Å². The summed E-state index contributed by atoms with van der Waals surface area (Å²) in [6.45, 7) is 3.86. The smallest absolute Gasteiger partial charge is 0.295 e. The molecule has 0 bridgehead atoms. The minimum absolute atomic E-state index is 0.208. The van der Waals surface area contributed by atoms with E-state index in [9.17, 15) is 9.59 Å². The van der Waals surface area contributed by atoms with E-state index < -0.39 is 6.04 Å². The maximum atomic E-state index is 13.3. The fraction of sp³-hybridized carbons (Fsp3) is 0.154. The summed E-state index contributed by atoms with van der Waals surface area (Å²) in [6.07, 6.45) is 0. The number of aryl methyl sites for hydroxylation is 1. The molecule has 32 heavy (non-hydrogen) atoms. The Hall–Kier alpha value is -4.06. The number of anilines is 2. The van der Waals surface area contributed by atoms with Gasteiger partial charge in [0.1, 0.15) is 11.7 Å². The van der Waals surface area contributed by atoms with Crippen molar-refractivity contribution in [3.8, 4) is 5.69 Å². The molecule has 0 spiro atoms. The van der Waals surface area contributed by atoms with E-state index in [2.05, 4.69) is 10.6 Å². The normalized spacial score (nSPS) is 11.7. The Bertz CT molecular complexity index is 1270. The van der Waals surface area contributed by atoms with Gasteiger partial charge in [-0.3, -0.25) is 14.3 Å². The highest BCUT2D eigenvalue weighted by Crippen LogP contribution is 2.23. The molecule has 3 aromatic carbocycles. The Labute approximate surface area is 187 Å². The molecule has 4 rings (SSSR count). The van der Waals surface area contributed by atoms with Crippen molar-refractivity contribution in [1.29, 1.82) is 0 Å². The molecule has 162 valence electrons. The summed E-state index contributed by atoms with van der Waals surface area (Å²) in [4.78, 5) is 26.6. The van der Waals surface area contributed by atoms with Crippen LogP contribution in [0.25, 0.3) is 5.69 Å². The van der Waals surface area contributed by atoms with Crippen molar-refractivity contribution in [2.75, 3.05) is 10.6 Å². The lowest BCUT2D eigenvalue weighted by Gasteiger charge is -2.19. The Morgan fingerprint density at radius 3 is 2.06 bits per heavy atom. The number of rotatable bonds is 6. The first-order chi connectivity index (χ1) is 15.5. The molecule has 1 aromatic heterocycles. The van der Waals surface area contributed by atoms with Gasteiger partial charge < -0.3 is 10.6 Å². The number of benzene rings is 3. The molecule has 0 aliphatic carbocycles. The highest BCUT2D eigenvalue weighted by Gasteiger charge is 2.25. The first kappa shape index (κ1) is 21.2. The third-order valence-electron chi connectivity index (χ3n) is 5.56. The van der Waals surface area contributed by atoms with Gasteiger partial charge in [-0.15, -0.1) is 0 Å². The van der Waals surface area contributed by atoms with Gasteiger partial charge in [0.25, 0.3) is 11.5 Å². The van der Waals surface area contributed by atoms with Crippen molar-refractivity contribution in [3.63, 3.8) is 0 Å². The van der Waals surface area contributed by atoms with Crippen LogP contribution in [0.3, 0.4) is 0 Å². The summed E-state index contributed by atoms with van der Waals surface area (Å²) in [5.74, 6) is -0.242. The van der Waals surface area contributed by atoms with Gasteiger partial charge in [-0.05, 0) is 43.7 Å². The maximum absolute atomic E-state index is 13.3. The van der Waals surface area contributed by atoms with Gasteiger partial charge in [0.2, 0.25) is 0 Å². The van der Waals surface area contributed by atoms with Gasteiger partial charge in [-0.1, -0.05) is 66.2 Å². The first-order valence-electron chi connectivity index (χ1n) is 10.5. The van der Waals surface area contributed by atoms with Crippen LogP contribution in [-0.2, 0) is 11.8 Å². The topological polar surface area (TPSA) is 68.1 Å². The molecule has 1 amide bonds. The number of aromatic nitrogens is 2. The summed E-state index contributed by atoms with van der Waals surface area (Å²) in [7, 11) is 1.83. The molecular weight excluding hydrogens is 400 g/mol. The molecule has 0 saturated carbocycles. The van der Waals surface area contributed by atoms with E-state index >= 15 is 0 Å². The third kappa shape index (κ3) is 4.21. The largest absolute Gasteiger partial charge is 0.364 e. The minimum atomic E-state index is -0.740. The molecular formula is C26H26N4O2. The van der Waals surface area contributed by atoms with E-state index in [1.54, 1.807) is 9.36 Å². The zero-order valence-electron chi connectivity index (χ0n) is 18.4. The molecule has 1 unspecified atom stereocenters. The van der Waals surface area contributed by atoms with Crippen LogP contribution in [-0.4, -0.2) is 15.3 Å². The number of carbonyl (C=O) groups excluding carboxylic acids is 1. The molecule has 0 aliphatic rings. The monoisotopic (exact) mass is 426 g/mol. The SMILES string of the molecule is Cc1ccc(NC(=O)C(Nc2c(C)n(C)n(-c3ccccc3)c2=O)c2ccccc2)cc1. The van der Waals surface area contributed by atoms with E-state index in [4.69, 9.17) is 0 Å². The fourth-order valence-corrected chi connectivity index (χ4v) is 3.68. The predicted octanol–water partition coefficient (Wildman–Crippen LogP) is 4.58. The Balaban J connectivity index is 1.71. The molecule has 0 aliphatic heterocycles. The van der Waals surface area contributed by atoms with Crippen LogP contribution < -0.4 is 16.2 Å². The second-order valence-corrected chi connectivity index (χ2v) is 7.78. The van der Waals surface area contributed by atoms with Gasteiger partial charge in [-0.25, -0.2) is 4.68 Å². The van der Waals surface area contributed by atoms with Crippen molar-refractivity contribution in [1.82, 2.24) is 9.36 Å². The number of nitrogens with zero attached hydrogens (tertiary/aromatic N) is 2. The number of hydrogen-bond donors (Lipinski definition) is 2. The summed E-state index contributed by atoms with van der Waals surface area (Å²) in [6, 6.07) is 25.7. The zero-order chi connectivity index (χ0) is 22.7. The molecule has 1 heterocycles. The molecule has 2 N–H and O–H groups in total. The fourth-order valence-electron chi connectivity index (χ4n) is 3.68. The average Bonchev–Trinajstić information content (AvgIpc) is 3.02. The number of carbonyl (C=O) groups is 1. The summed E-state index contributed by atoms with van der Waals surface area (Å²) < 4.78 is 3.39.